The molecule has 1 unspecified atom stereocenters. The molecule has 1 atom stereocenters. The molecule has 0 aliphatic rings. The third kappa shape index (κ3) is 4.98. The molecule has 0 saturated heterocycles. The van der Waals surface area contributed by atoms with Crippen LogP contribution in [0.4, 0.5) is 0 Å². The van der Waals surface area contributed by atoms with Crippen LogP contribution in [0, 0.1) is 0 Å². The summed E-state index contributed by atoms with van der Waals surface area (Å²) in [5, 5.41) is 10.2. The second-order valence-electron chi connectivity index (χ2n) is 6.70. The molecule has 2 aromatic rings. The Balaban J connectivity index is 1.86. The first-order chi connectivity index (χ1) is 9.95. The molecule has 112 valence electrons. The quantitative estimate of drug-likeness (QED) is 0.902. The highest BCUT2D eigenvalue weighted by Gasteiger charge is 2.13. The van der Waals surface area contributed by atoms with Gasteiger partial charge in [0.05, 0.1) is 6.10 Å². The van der Waals surface area contributed by atoms with E-state index in [-0.39, 0.29) is 11.5 Å². The molecule has 1 aromatic carbocycles. The summed E-state index contributed by atoms with van der Waals surface area (Å²) in [7, 11) is 0. The minimum absolute atomic E-state index is 0.179. The number of aromatic nitrogens is 1. The minimum atomic E-state index is -0.293. The van der Waals surface area contributed by atoms with Crippen molar-refractivity contribution in [1.29, 1.82) is 0 Å². The van der Waals surface area contributed by atoms with E-state index in [9.17, 15) is 5.11 Å². The average molecular weight is 283 g/mol. The smallest absolute Gasteiger partial charge is 0.0583 e. The van der Waals surface area contributed by atoms with Crippen molar-refractivity contribution in [2.45, 2.75) is 51.6 Å². The normalized spacial score (nSPS) is 13.1. The van der Waals surface area contributed by atoms with Crippen LogP contribution in [0.25, 0.3) is 0 Å². The van der Waals surface area contributed by atoms with E-state index >= 15 is 0 Å². The molecule has 0 aliphatic carbocycles. The lowest BCUT2D eigenvalue weighted by Gasteiger charge is -2.19. The van der Waals surface area contributed by atoms with Crippen LogP contribution < -0.4 is 0 Å². The van der Waals surface area contributed by atoms with Crippen molar-refractivity contribution in [3.05, 3.63) is 65.5 Å². The average Bonchev–Trinajstić information content (AvgIpc) is 2.46. The summed E-state index contributed by atoms with van der Waals surface area (Å²) in [6.07, 6.45) is 5.70. The number of pyridine rings is 1. The Morgan fingerprint density at radius 1 is 0.952 bits per heavy atom. The number of hydrogen-bond donors (Lipinski definition) is 1. The summed E-state index contributed by atoms with van der Waals surface area (Å²) < 4.78 is 0. The number of rotatable bonds is 5. The summed E-state index contributed by atoms with van der Waals surface area (Å²) in [4.78, 5) is 4.01. The maximum absolute atomic E-state index is 10.2. The third-order valence-corrected chi connectivity index (χ3v) is 3.81. The fraction of sp³-hybridized carbons (Fsp3) is 0.421. The van der Waals surface area contributed by atoms with Gasteiger partial charge in [-0.05, 0) is 53.5 Å². The van der Waals surface area contributed by atoms with Crippen LogP contribution in [0.15, 0.2) is 48.8 Å². The SMILES string of the molecule is CC(C)(C)c1ccc(CC(O)CCc2ccncc2)cc1. The van der Waals surface area contributed by atoms with E-state index in [0.717, 1.165) is 19.3 Å². The highest BCUT2D eigenvalue weighted by molar-refractivity contribution is 5.27. The van der Waals surface area contributed by atoms with Crippen LogP contribution in [-0.2, 0) is 18.3 Å². The molecule has 0 amide bonds. The van der Waals surface area contributed by atoms with Gasteiger partial charge in [0.2, 0.25) is 0 Å². The van der Waals surface area contributed by atoms with E-state index in [2.05, 4.69) is 50.0 Å². The van der Waals surface area contributed by atoms with E-state index in [1.807, 2.05) is 12.1 Å². The molecule has 1 aromatic heterocycles. The number of aliphatic hydroxyl groups excluding tert-OH is 1. The molecule has 2 heteroatoms. The predicted octanol–water partition coefficient (Wildman–Crippen LogP) is 3.92. The summed E-state index contributed by atoms with van der Waals surface area (Å²) in [6, 6.07) is 12.6. The van der Waals surface area contributed by atoms with E-state index in [0.29, 0.717) is 0 Å². The Morgan fingerprint density at radius 3 is 2.14 bits per heavy atom. The summed E-state index contributed by atoms with van der Waals surface area (Å²) in [6.45, 7) is 6.64. The Bertz CT molecular complexity index is 540. The van der Waals surface area contributed by atoms with Crippen molar-refractivity contribution in [2.24, 2.45) is 0 Å². The molecule has 21 heavy (non-hydrogen) atoms. The van der Waals surface area contributed by atoms with E-state index in [1.165, 1.54) is 16.7 Å². The van der Waals surface area contributed by atoms with Crippen molar-refractivity contribution in [1.82, 2.24) is 4.98 Å². The lowest BCUT2D eigenvalue weighted by molar-refractivity contribution is 0.165. The van der Waals surface area contributed by atoms with Crippen LogP contribution in [-0.4, -0.2) is 16.2 Å². The fourth-order valence-electron chi connectivity index (χ4n) is 2.40. The van der Waals surface area contributed by atoms with Crippen LogP contribution in [0.5, 0.6) is 0 Å². The molecule has 0 bridgehead atoms. The maximum atomic E-state index is 10.2. The largest absolute Gasteiger partial charge is 0.393 e. The number of aryl methyl sites for hydroxylation is 1. The number of nitrogens with zero attached hydrogens (tertiary/aromatic N) is 1. The first kappa shape index (κ1) is 15.7. The van der Waals surface area contributed by atoms with E-state index < -0.39 is 0 Å². The van der Waals surface area contributed by atoms with Crippen LogP contribution in [0.1, 0.15) is 43.9 Å². The molecule has 0 saturated carbocycles. The number of hydrogen-bond acceptors (Lipinski definition) is 2. The van der Waals surface area contributed by atoms with Crippen LogP contribution >= 0.6 is 0 Å². The van der Waals surface area contributed by atoms with Crippen molar-refractivity contribution < 1.29 is 5.11 Å². The zero-order chi connectivity index (χ0) is 15.3. The first-order valence-corrected chi connectivity index (χ1v) is 7.61. The molecule has 1 heterocycles. The lowest BCUT2D eigenvalue weighted by Crippen LogP contribution is -2.13. The second kappa shape index (κ2) is 6.86. The molecular weight excluding hydrogens is 258 g/mol. The van der Waals surface area contributed by atoms with Crippen LogP contribution in [0.3, 0.4) is 0 Å². The first-order valence-electron chi connectivity index (χ1n) is 7.61. The van der Waals surface area contributed by atoms with Crippen molar-refractivity contribution >= 4 is 0 Å². The third-order valence-electron chi connectivity index (χ3n) is 3.81. The molecule has 2 nitrogen and oxygen atoms in total. The van der Waals surface area contributed by atoms with Crippen LogP contribution in [0.2, 0.25) is 0 Å². The Labute approximate surface area is 127 Å². The Hall–Kier alpha value is -1.67. The lowest BCUT2D eigenvalue weighted by atomic mass is 9.86. The highest BCUT2D eigenvalue weighted by atomic mass is 16.3. The van der Waals surface area contributed by atoms with Gasteiger partial charge in [-0.25, -0.2) is 0 Å². The van der Waals surface area contributed by atoms with E-state index in [1.54, 1.807) is 12.4 Å². The molecule has 2 rings (SSSR count). The van der Waals surface area contributed by atoms with Gasteiger partial charge in [0.15, 0.2) is 0 Å². The molecule has 0 fully saturated rings. The second-order valence-corrected chi connectivity index (χ2v) is 6.70. The van der Waals surface area contributed by atoms with Gasteiger partial charge in [-0.3, -0.25) is 4.98 Å². The van der Waals surface area contributed by atoms with Gasteiger partial charge < -0.3 is 5.11 Å². The molecular formula is C19H25NO. The van der Waals surface area contributed by atoms with Gasteiger partial charge in [0.1, 0.15) is 0 Å². The number of benzene rings is 1. The van der Waals surface area contributed by atoms with Gasteiger partial charge in [-0.2, -0.15) is 0 Å². The van der Waals surface area contributed by atoms with Gasteiger partial charge >= 0.3 is 0 Å². The minimum Gasteiger partial charge on any atom is -0.393 e. The van der Waals surface area contributed by atoms with Gasteiger partial charge in [0.25, 0.3) is 0 Å². The molecule has 0 spiro atoms. The number of aliphatic hydroxyl groups is 1. The zero-order valence-electron chi connectivity index (χ0n) is 13.2. The van der Waals surface area contributed by atoms with Crippen molar-refractivity contribution in [2.75, 3.05) is 0 Å². The Morgan fingerprint density at radius 2 is 1.57 bits per heavy atom. The summed E-state index contributed by atoms with van der Waals surface area (Å²) in [5.74, 6) is 0. The Kier molecular flexibility index (Phi) is 5.13. The maximum Gasteiger partial charge on any atom is 0.0583 e. The van der Waals surface area contributed by atoms with Gasteiger partial charge in [-0.1, -0.05) is 45.0 Å². The molecule has 0 aliphatic heterocycles. The monoisotopic (exact) mass is 283 g/mol. The van der Waals surface area contributed by atoms with Gasteiger partial charge in [0, 0.05) is 12.4 Å². The van der Waals surface area contributed by atoms with Crippen molar-refractivity contribution in [3.8, 4) is 0 Å². The van der Waals surface area contributed by atoms with Gasteiger partial charge in [-0.15, -0.1) is 0 Å². The highest BCUT2D eigenvalue weighted by Crippen LogP contribution is 2.22. The standard InChI is InChI=1S/C19H25NO/c1-19(2,3)17-7-4-16(5-8-17)14-18(21)9-6-15-10-12-20-13-11-15/h4-5,7-8,10-13,18,21H,6,9,14H2,1-3H3. The summed E-state index contributed by atoms with van der Waals surface area (Å²) in [5.41, 5.74) is 3.94. The van der Waals surface area contributed by atoms with Crippen molar-refractivity contribution in [3.63, 3.8) is 0 Å². The van der Waals surface area contributed by atoms with E-state index in [4.69, 9.17) is 0 Å². The topological polar surface area (TPSA) is 33.1 Å². The fourth-order valence-corrected chi connectivity index (χ4v) is 2.40. The molecule has 0 radical (unpaired) electrons. The molecule has 1 N–H and O–H groups in total. The zero-order valence-corrected chi connectivity index (χ0v) is 13.2. The summed E-state index contributed by atoms with van der Waals surface area (Å²) >= 11 is 0. The predicted molar refractivity (Wildman–Crippen MR) is 87.4 cm³/mol.